The van der Waals surface area contributed by atoms with Gasteiger partial charge >= 0.3 is 0 Å². The van der Waals surface area contributed by atoms with Gasteiger partial charge in [0.25, 0.3) is 5.56 Å². The number of fused-ring (bicyclic) bond motifs is 1. The van der Waals surface area contributed by atoms with Gasteiger partial charge in [0, 0.05) is 31.9 Å². The molecule has 5 heteroatoms. The van der Waals surface area contributed by atoms with Crippen molar-refractivity contribution in [3.63, 3.8) is 0 Å². The predicted molar refractivity (Wildman–Crippen MR) is 102 cm³/mol. The molecular formula is C21H21N3O2. The van der Waals surface area contributed by atoms with Crippen molar-refractivity contribution in [2.45, 2.75) is 13.0 Å². The number of ether oxygens (including phenoxy) is 1. The second-order valence-corrected chi connectivity index (χ2v) is 6.46. The minimum atomic E-state index is -0.0305. The fraction of sp³-hybridized carbons (Fsp3) is 0.238. The van der Waals surface area contributed by atoms with Crippen molar-refractivity contribution in [1.29, 1.82) is 0 Å². The molecule has 0 saturated carbocycles. The number of hydrogen-bond donors (Lipinski definition) is 0. The Labute approximate surface area is 152 Å². The van der Waals surface area contributed by atoms with Crippen LogP contribution in [-0.2, 0) is 6.54 Å². The zero-order chi connectivity index (χ0) is 17.9. The Morgan fingerprint density at radius 1 is 1.15 bits per heavy atom. The number of pyridine rings is 1. The molecule has 2 aromatic heterocycles. The minimum absolute atomic E-state index is 0.0305. The Kier molecular flexibility index (Phi) is 4.54. The van der Waals surface area contributed by atoms with Gasteiger partial charge in [0.15, 0.2) is 0 Å². The van der Waals surface area contributed by atoms with Crippen LogP contribution >= 0.6 is 0 Å². The van der Waals surface area contributed by atoms with E-state index < -0.39 is 0 Å². The molecule has 0 radical (unpaired) electrons. The zero-order valence-corrected chi connectivity index (χ0v) is 14.8. The highest BCUT2D eigenvalue weighted by atomic mass is 16.5. The number of benzene rings is 1. The van der Waals surface area contributed by atoms with Crippen LogP contribution in [0.1, 0.15) is 17.7 Å². The van der Waals surface area contributed by atoms with E-state index in [4.69, 9.17) is 4.74 Å². The van der Waals surface area contributed by atoms with E-state index >= 15 is 0 Å². The molecule has 0 atom stereocenters. The smallest absolute Gasteiger partial charge is 0.258 e. The SMILES string of the molecule is COc1ccc(C2=CCN(Cc3cc(=O)n4ccccc4n3)CC2)cc1. The predicted octanol–water partition coefficient (Wildman–Crippen LogP) is 2.99. The van der Waals surface area contributed by atoms with Crippen molar-refractivity contribution >= 4 is 11.2 Å². The molecule has 3 aromatic rings. The van der Waals surface area contributed by atoms with Gasteiger partial charge in [-0.1, -0.05) is 24.3 Å². The molecule has 132 valence electrons. The first-order chi connectivity index (χ1) is 12.7. The molecule has 0 saturated heterocycles. The van der Waals surface area contributed by atoms with Crippen LogP contribution in [0.3, 0.4) is 0 Å². The number of aromatic nitrogens is 2. The van der Waals surface area contributed by atoms with Gasteiger partial charge in [-0.2, -0.15) is 0 Å². The van der Waals surface area contributed by atoms with E-state index in [1.165, 1.54) is 11.1 Å². The summed E-state index contributed by atoms with van der Waals surface area (Å²) in [5.41, 5.74) is 4.09. The van der Waals surface area contributed by atoms with Gasteiger partial charge in [-0.05, 0) is 41.8 Å². The monoisotopic (exact) mass is 347 g/mol. The average molecular weight is 347 g/mol. The third-order valence-electron chi connectivity index (χ3n) is 4.76. The van der Waals surface area contributed by atoms with Crippen molar-refractivity contribution in [1.82, 2.24) is 14.3 Å². The van der Waals surface area contributed by atoms with E-state index in [1.54, 1.807) is 23.8 Å². The van der Waals surface area contributed by atoms with E-state index in [9.17, 15) is 4.79 Å². The normalized spacial score (nSPS) is 15.0. The van der Waals surface area contributed by atoms with Crippen LogP contribution in [-0.4, -0.2) is 34.5 Å². The summed E-state index contributed by atoms with van der Waals surface area (Å²) >= 11 is 0. The summed E-state index contributed by atoms with van der Waals surface area (Å²) in [6, 6.07) is 15.4. The molecule has 0 amide bonds. The van der Waals surface area contributed by atoms with Crippen LogP contribution < -0.4 is 10.3 Å². The molecule has 3 heterocycles. The van der Waals surface area contributed by atoms with Crippen LogP contribution in [0.4, 0.5) is 0 Å². The van der Waals surface area contributed by atoms with Crippen molar-refractivity contribution in [3.8, 4) is 5.75 Å². The molecule has 5 nitrogen and oxygen atoms in total. The quantitative estimate of drug-likeness (QED) is 0.728. The van der Waals surface area contributed by atoms with Gasteiger partial charge in [-0.25, -0.2) is 4.98 Å². The van der Waals surface area contributed by atoms with Gasteiger partial charge < -0.3 is 4.74 Å². The third kappa shape index (κ3) is 3.39. The highest BCUT2D eigenvalue weighted by molar-refractivity contribution is 5.67. The summed E-state index contributed by atoms with van der Waals surface area (Å²) in [7, 11) is 1.68. The summed E-state index contributed by atoms with van der Waals surface area (Å²) in [5.74, 6) is 0.875. The van der Waals surface area contributed by atoms with Crippen LogP contribution in [0.15, 0.2) is 65.6 Å². The van der Waals surface area contributed by atoms with E-state index in [-0.39, 0.29) is 5.56 Å². The minimum Gasteiger partial charge on any atom is -0.497 e. The maximum Gasteiger partial charge on any atom is 0.258 e. The lowest BCUT2D eigenvalue weighted by Crippen LogP contribution is -2.29. The van der Waals surface area contributed by atoms with Crippen LogP contribution in [0, 0.1) is 0 Å². The average Bonchev–Trinajstić information content (AvgIpc) is 2.69. The number of methoxy groups -OCH3 is 1. The molecule has 0 aliphatic carbocycles. The lowest BCUT2D eigenvalue weighted by Gasteiger charge is -2.26. The maximum atomic E-state index is 12.2. The third-order valence-corrected chi connectivity index (χ3v) is 4.76. The Hall–Kier alpha value is -2.92. The van der Waals surface area contributed by atoms with Crippen LogP contribution in [0.25, 0.3) is 11.2 Å². The number of nitrogens with zero attached hydrogens (tertiary/aromatic N) is 3. The second kappa shape index (κ2) is 7.14. The molecule has 0 spiro atoms. The number of hydrogen-bond acceptors (Lipinski definition) is 4. The lowest BCUT2D eigenvalue weighted by molar-refractivity contribution is 0.290. The van der Waals surface area contributed by atoms with E-state index in [0.29, 0.717) is 12.2 Å². The first-order valence-corrected chi connectivity index (χ1v) is 8.76. The summed E-state index contributed by atoms with van der Waals surface area (Å²) in [4.78, 5) is 19.1. The van der Waals surface area contributed by atoms with Crippen molar-refractivity contribution in [2.24, 2.45) is 0 Å². The topological polar surface area (TPSA) is 46.8 Å². The van der Waals surface area contributed by atoms with E-state index in [1.807, 2.05) is 30.3 Å². The van der Waals surface area contributed by atoms with Gasteiger partial charge in [0.05, 0.1) is 12.8 Å². The van der Waals surface area contributed by atoms with Gasteiger partial charge in [-0.15, -0.1) is 0 Å². The molecule has 0 bridgehead atoms. The maximum absolute atomic E-state index is 12.2. The fourth-order valence-corrected chi connectivity index (χ4v) is 3.34. The van der Waals surface area contributed by atoms with Crippen LogP contribution in [0.5, 0.6) is 5.75 Å². The zero-order valence-electron chi connectivity index (χ0n) is 14.8. The first kappa shape index (κ1) is 16.5. The van der Waals surface area contributed by atoms with Crippen molar-refractivity contribution in [3.05, 3.63) is 82.4 Å². The summed E-state index contributed by atoms with van der Waals surface area (Å²) in [6.45, 7) is 2.50. The lowest BCUT2D eigenvalue weighted by atomic mass is 9.99. The Morgan fingerprint density at radius 3 is 2.73 bits per heavy atom. The second-order valence-electron chi connectivity index (χ2n) is 6.46. The molecule has 1 aliphatic rings. The molecular weight excluding hydrogens is 326 g/mol. The summed E-state index contributed by atoms with van der Waals surface area (Å²) in [6.07, 6.45) is 5.00. The highest BCUT2D eigenvalue weighted by Gasteiger charge is 2.14. The fourth-order valence-electron chi connectivity index (χ4n) is 3.34. The van der Waals surface area contributed by atoms with Crippen molar-refractivity contribution in [2.75, 3.05) is 20.2 Å². The largest absolute Gasteiger partial charge is 0.497 e. The van der Waals surface area contributed by atoms with Crippen LogP contribution in [0.2, 0.25) is 0 Å². The summed E-state index contributed by atoms with van der Waals surface area (Å²) < 4.78 is 6.79. The van der Waals surface area contributed by atoms with Crippen molar-refractivity contribution < 1.29 is 4.74 Å². The molecule has 4 rings (SSSR count). The Balaban J connectivity index is 1.48. The van der Waals surface area contributed by atoms with Gasteiger partial charge in [0.2, 0.25) is 0 Å². The summed E-state index contributed by atoms with van der Waals surface area (Å²) in [5, 5.41) is 0. The van der Waals surface area contributed by atoms with E-state index in [2.05, 4.69) is 28.1 Å². The molecule has 0 unspecified atom stereocenters. The molecule has 0 fully saturated rings. The molecule has 0 N–H and O–H groups in total. The number of rotatable bonds is 4. The molecule has 26 heavy (non-hydrogen) atoms. The molecule has 1 aliphatic heterocycles. The standard InChI is InChI=1S/C21H21N3O2/c1-26-19-7-5-16(6-8-19)17-9-12-23(13-10-17)15-18-14-21(25)24-11-3-2-4-20(24)22-18/h2-9,11,14H,10,12-13,15H2,1H3. The Bertz CT molecular complexity index is 1010. The Morgan fingerprint density at radius 2 is 2.00 bits per heavy atom. The van der Waals surface area contributed by atoms with Gasteiger partial charge in [0.1, 0.15) is 11.4 Å². The van der Waals surface area contributed by atoms with Gasteiger partial charge in [-0.3, -0.25) is 14.1 Å². The molecule has 1 aromatic carbocycles. The van der Waals surface area contributed by atoms with E-state index in [0.717, 1.165) is 31.0 Å². The highest BCUT2D eigenvalue weighted by Crippen LogP contribution is 2.24. The first-order valence-electron chi connectivity index (χ1n) is 8.76.